The molecule has 0 heterocycles. The third-order valence-electron chi connectivity index (χ3n) is 8.48. The fourth-order valence-electron chi connectivity index (χ4n) is 6.69. The molecular weight excluding hydrogens is 559 g/mol. The number of carbonyl (C=O) groups excluding carboxylic acids is 2. The van der Waals surface area contributed by atoms with Gasteiger partial charge in [0.2, 0.25) is 12.7 Å². The van der Waals surface area contributed by atoms with Crippen molar-refractivity contribution < 1.29 is 14.2 Å². The molecule has 0 amide bonds. The number of benzene rings is 5. The number of ketones is 1. The zero-order valence-electron chi connectivity index (χ0n) is 26.6. The molecular formula is C40H39O3P. The number of rotatable bonds is 8. The highest BCUT2D eigenvalue weighted by Gasteiger charge is 2.41. The van der Waals surface area contributed by atoms with Crippen LogP contribution in [0.25, 0.3) is 11.1 Å². The van der Waals surface area contributed by atoms with Crippen LogP contribution in [-0.4, -0.2) is 11.3 Å². The molecule has 222 valence electrons. The van der Waals surface area contributed by atoms with E-state index in [4.69, 9.17) is 0 Å². The highest BCUT2D eigenvalue weighted by atomic mass is 31.2. The van der Waals surface area contributed by atoms with Gasteiger partial charge in [0.15, 0.2) is 5.78 Å². The molecule has 3 nitrogen and oxygen atoms in total. The van der Waals surface area contributed by atoms with E-state index >= 15 is 4.57 Å². The summed E-state index contributed by atoms with van der Waals surface area (Å²) in [4.78, 5) is 29.7. The molecule has 5 aromatic rings. The Morgan fingerprint density at radius 3 is 1.57 bits per heavy atom. The Kier molecular flexibility index (Phi) is 8.73. The summed E-state index contributed by atoms with van der Waals surface area (Å²) in [7, 11) is -4.02. The molecule has 0 N–H and O–H groups in total. The van der Waals surface area contributed by atoms with Crippen LogP contribution in [0.15, 0.2) is 97.1 Å². The van der Waals surface area contributed by atoms with Gasteiger partial charge in [0.05, 0.1) is 0 Å². The van der Waals surface area contributed by atoms with Crippen molar-refractivity contribution >= 4 is 29.1 Å². The SMILES string of the molecule is CCc1ccc(P(=O)(C(=O)c2c(C)cc(C)cc2C)c2ccccc2)c(-c2ccccc2)c1C(=O)c1c(C)cc(C)cc1C. The number of carbonyl (C=O) groups is 2. The first-order valence-electron chi connectivity index (χ1n) is 15.1. The maximum absolute atomic E-state index is 15.9. The Morgan fingerprint density at radius 1 is 0.591 bits per heavy atom. The summed E-state index contributed by atoms with van der Waals surface area (Å²) in [6.07, 6.45) is 0.602. The first-order chi connectivity index (χ1) is 21.0. The van der Waals surface area contributed by atoms with Gasteiger partial charge >= 0.3 is 0 Å². The maximum atomic E-state index is 15.9. The van der Waals surface area contributed by atoms with Crippen LogP contribution < -0.4 is 10.6 Å². The van der Waals surface area contributed by atoms with E-state index < -0.39 is 12.7 Å². The lowest BCUT2D eigenvalue weighted by atomic mass is 9.86. The van der Waals surface area contributed by atoms with Crippen LogP contribution in [0.5, 0.6) is 0 Å². The predicted octanol–water partition coefficient (Wildman–Crippen LogP) is 9.15. The molecule has 0 saturated carbocycles. The first kappa shape index (κ1) is 31.1. The van der Waals surface area contributed by atoms with Crippen LogP contribution >= 0.6 is 7.14 Å². The van der Waals surface area contributed by atoms with Crippen LogP contribution in [0, 0.1) is 41.5 Å². The van der Waals surface area contributed by atoms with Gasteiger partial charge in [0.25, 0.3) is 0 Å². The molecule has 0 aliphatic rings. The Bertz CT molecular complexity index is 1910. The molecule has 5 rings (SSSR count). The third kappa shape index (κ3) is 5.42. The highest BCUT2D eigenvalue weighted by Crippen LogP contribution is 2.51. The molecule has 0 spiro atoms. The van der Waals surface area contributed by atoms with Gasteiger partial charge in [-0.05, 0) is 87.4 Å². The topological polar surface area (TPSA) is 51.2 Å². The highest BCUT2D eigenvalue weighted by molar-refractivity contribution is 7.93. The minimum absolute atomic E-state index is 0.118. The van der Waals surface area contributed by atoms with Crippen molar-refractivity contribution in [2.24, 2.45) is 0 Å². The average Bonchev–Trinajstić information content (AvgIpc) is 2.99. The van der Waals surface area contributed by atoms with Crippen LogP contribution in [0.3, 0.4) is 0 Å². The van der Waals surface area contributed by atoms with E-state index in [2.05, 4.69) is 0 Å². The van der Waals surface area contributed by atoms with Gasteiger partial charge in [-0.15, -0.1) is 0 Å². The van der Waals surface area contributed by atoms with E-state index in [0.29, 0.717) is 39.3 Å². The van der Waals surface area contributed by atoms with E-state index in [1.54, 1.807) is 12.1 Å². The van der Waals surface area contributed by atoms with Crippen LogP contribution in [-0.2, 0) is 11.0 Å². The number of aryl methyl sites for hydroxylation is 7. The number of hydrogen-bond acceptors (Lipinski definition) is 3. The van der Waals surface area contributed by atoms with Gasteiger partial charge < -0.3 is 4.57 Å². The van der Waals surface area contributed by atoms with Crippen molar-refractivity contribution in [1.82, 2.24) is 0 Å². The quantitative estimate of drug-likeness (QED) is 0.132. The molecule has 0 saturated heterocycles. The third-order valence-corrected chi connectivity index (χ3v) is 11.4. The zero-order valence-corrected chi connectivity index (χ0v) is 27.5. The van der Waals surface area contributed by atoms with Crippen molar-refractivity contribution in [3.8, 4) is 11.1 Å². The van der Waals surface area contributed by atoms with E-state index in [1.807, 2.05) is 133 Å². The molecule has 1 unspecified atom stereocenters. The van der Waals surface area contributed by atoms with E-state index in [0.717, 1.165) is 44.5 Å². The van der Waals surface area contributed by atoms with E-state index in [9.17, 15) is 9.59 Å². The van der Waals surface area contributed by atoms with E-state index in [-0.39, 0.29) is 5.78 Å². The van der Waals surface area contributed by atoms with Crippen molar-refractivity contribution in [3.63, 3.8) is 0 Å². The van der Waals surface area contributed by atoms with Crippen molar-refractivity contribution in [2.75, 3.05) is 0 Å². The summed E-state index contributed by atoms with van der Waals surface area (Å²) >= 11 is 0. The lowest BCUT2D eigenvalue weighted by Gasteiger charge is -2.26. The van der Waals surface area contributed by atoms with Crippen molar-refractivity contribution in [2.45, 2.75) is 54.9 Å². The number of hydrogen-bond donors (Lipinski definition) is 0. The molecule has 1 atom stereocenters. The summed E-state index contributed by atoms with van der Waals surface area (Å²) in [6.45, 7) is 13.8. The zero-order chi connectivity index (χ0) is 31.8. The Morgan fingerprint density at radius 2 is 1.07 bits per heavy atom. The lowest BCUT2D eigenvalue weighted by Crippen LogP contribution is -2.27. The molecule has 0 radical (unpaired) electrons. The average molecular weight is 599 g/mol. The second-order valence-corrected chi connectivity index (χ2v) is 14.5. The minimum atomic E-state index is -4.02. The first-order valence-corrected chi connectivity index (χ1v) is 16.8. The smallest absolute Gasteiger partial charge is 0.230 e. The van der Waals surface area contributed by atoms with Crippen molar-refractivity contribution in [3.05, 3.63) is 153 Å². The largest absolute Gasteiger partial charge is 0.305 e. The summed E-state index contributed by atoms with van der Waals surface area (Å²) in [5.74, 6) is -0.118. The van der Waals surface area contributed by atoms with Gasteiger partial charge in [-0.25, -0.2) is 0 Å². The molecule has 44 heavy (non-hydrogen) atoms. The summed E-state index contributed by atoms with van der Waals surface area (Å²) in [5.41, 5.74) is 8.88. The standard InChI is InChI=1S/C40H39O3P/c1-8-31-19-20-34(44(43,33-17-13-10-14-18-33)40(42)36-29(6)23-26(3)24-30(36)7)37(32-15-11-9-12-16-32)38(31)39(41)35-27(4)21-25(2)22-28(35)5/h9-24H,8H2,1-7H3. The van der Waals surface area contributed by atoms with Gasteiger partial charge in [0.1, 0.15) is 0 Å². The Balaban J connectivity index is 1.93. The lowest BCUT2D eigenvalue weighted by molar-refractivity contribution is 0.103. The molecule has 0 bridgehead atoms. The van der Waals surface area contributed by atoms with Gasteiger partial charge in [-0.1, -0.05) is 109 Å². The summed E-state index contributed by atoms with van der Waals surface area (Å²) in [5, 5.41) is 0.842. The second-order valence-electron chi connectivity index (χ2n) is 11.8. The van der Waals surface area contributed by atoms with Gasteiger partial charge in [-0.3, -0.25) is 9.59 Å². The molecule has 0 aliphatic carbocycles. The maximum Gasteiger partial charge on any atom is 0.230 e. The fraction of sp³-hybridized carbons (Fsp3) is 0.200. The monoisotopic (exact) mass is 598 g/mol. The van der Waals surface area contributed by atoms with Crippen LogP contribution in [0.2, 0.25) is 0 Å². The van der Waals surface area contributed by atoms with Crippen molar-refractivity contribution in [1.29, 1.82) is 0 Å². The molecule has 5 aromatic carbocycles. The minimum Gasteiger partial charge on any atom is -0.305 e. The van der Waals surface area contributed by atoms with E-state index in [1.165, 1.54) is 0 Å². The fourth-order valence-corrected chi connectivity index (χ4v) is 9.52. The van der Waals surface area contributed by atoms with Crippen LogP contribution in [0.4, 0.5) is 0 Å². The Labute approximate surface area is 261 Å². The van der Waals surface area contributed by atoms with Crippen LogP contribution in [0.1, 0.15) is 72.1 Å². The van der Waals surface area contributed by atoms with Gasteiger partial charge in [-0.2, -0.15) is 0 Å². The Hall–Kier alpha value is -4.33. The molecule has 4 heteroatoms. The molecule has 0 aliphatic heterocycles. The normalized spacial score (nSPS) is 12.5. The second kappa shape index (κ2) is 12.3. The van der Waals surface area contributed by atoms with Gasteiger partial charge in [0, 0.05) is 32.9 Å². The summed E-state index contributed by atoms with van der Waals surface area (Å²) < 4.78 is 15.9. The molecule has 0 fully saturated rings. The molecule has 0 aromatic heterocycles. The summed E-state index contributed by atoms with van der Waals surface area (Å²) in [6, 6.07) is 30.4. The predicted molar refractivity (Wildman–Crippen MR) is 184 cm³/mol.